The largest absolute Gasteiger partial charge is 0.506 e. The van der Waals surface area contributed by atoms with Crippen molar-refractivity contribution < 1.29 is 14.6 Å². The summed E-state index contributed by atoms with van der Waals surface area (Å²) in [5, 5.41) is 14.9. The van der Waals surface area contributed by atoms with E-state index in [4.69, 9.17) is 4.74 Å². The summed E-state index contributed by atoms with van der Waals surface area (Å²) in [5.41, 5.74) is 1.80. The van der Waals surface area contributed by atoms with Gasteiger partial charge in [-0.1, -0.05) is 24.3 Å². The minimum Gasteiger partial charge on any atom is -0.506 e. The molecule has 1 heterocycles. The first-order valence-corrected chi connectivity index (χ1v) is 8.20. The highest BCUT2D eigenvalue weighted by Crippen LogP contribution is 2.23. The number of phenolic OH excluding ortho intramolecular Hbond substituents is 1. The highest BCUT2D eigenvalue weighted by Gasteiger charge is 2.13. The molecule has 0 saturated heterocycles. The average molecular weight is 340 g/mol. The molecule has 0 radical (unpaired) electrons. The molecule has 0 aliphatic carbocycles. The Labute approximate surface area is 143 Å². The van der Waals surface area contributed by atoms with Gasteiger partial charge in [-0.3, -0.25) is 4.79 Å². The van der Waals surface area contributed by atoms with Crippen LogP contribution in [-0.2, 0) is 6.42 Å². The zero-order valence-electron chi connectivity index (χ0n) is 13.0. The van der Waals surface area contributed by atoms with Crippen LogP contribution in [0.3, 0.4) is 0 Å². The summed E-state index contributed by atoms with van der Waals surface area (Å²) < 4.78 is 5.13. The quantitative estimate of drug-likeness (QED) is 0.695. The predicted molar refractivity (Wildman–Crippen MR) is 94.0 cm³/mol. The number of hydrogen-bond donors (Lipinski definition) is 2. The van der Waals surface area contributed by atoms with Crippen LogP contribution in [0.25, 0.3) is 0 Å². The number of rotatable bonds is 5. The molecule has 0 saturated carbocycles. The number of thiazole rings is 1. The number of para-hydroxylation sites is 2. The SMILES string of the molecule is COc1ccc(Cc2nc(C(=O)Nc3ccccc3O)cs2)cc1. The van der Waals surface area contributed by atoms with E-state index in [1.54, 1.807) is 30.7 Å². The lowest BCUT2D eigenvalue weighted by molar-refractivity contribution is 0.102. The van der Waals surface area contributed by atoms with Gasteiger partial charge >= 0.3 is 0 Å². The van der Waals surface area contributed by atoms with Gasteiger partial charge in [-0.15, -0.1) is 11.3 Å². The van der Waals surface area contributed by atoms with Crippen molar-refractivity contribution in [2.24, 2.45) is 0 Å². The Balaban J connectivity index is 1.68. The number of carbonyl (C=O) groups is 1. The molecule has 0 unspecified atom stereocenters. The zero-order valence-corrected chi connectivity index (χ0v) is 13.8. The molecule has 0 aliphatic heterocycles. The maximum Gasteiger partial charge on any atom is 0.275 e. The average Bonchev–Trinajstić information content (AvgIpc) is 3.06. The van der Waals surface area contributed by atoms with E-state index in [2.05, 4.69) is 10.3 Å². The molecule has 5 nitrogen and oxygen atoms in total. The number of hydrogen-bond acceptors (Lipinski definition) is 5. The summed E-state index contributed by atoms with van der Waals surface area (Å²) >= 11 is 1.43. The van der Waals surface area contributed by atoms with E-state index in [0.717, 1.165) is 16.3 Å². The Morgan fingerprint density at radius 3 is 2.67 bits per heavy atom. The van der Waals surface area contributed by atoms with Crippen LogP contribution in [0, 0.1) is 0 Å². The minimum atomic E-state index is -0.339. The van der Waals surface area contributed by atoms with Crippen molar-refractivity contribution in [2.45, 2.75) is 6.42 Å². The predicted octanol–water partition coefficient (Wildman–Crippen LogP) is 3.70. The maximum absolute atomic E-state index is 12.2. The third kappa shape index (κ3) is 3.72. The molecule has 1 aromatic heterocycles. The van der Waals surface area contributed by atoms with Crippen molar-refractivity contribution >= 4 is 22.9 Å². The number of anilines is 1. The molecule has 0 bridgehead atoms. The topological polar surface area (TPSA) is 71.5 Å². The molecule has 0 spiro atoms. The van der Waals surface area contributed by atoms with E-state index < -0.39 is 0 Å². The second kappa shape index (κ2) is 7.14. The molecule has 6 heteroatoms. The van der Waals surface area contributed by atoms with Gasteiger partial charge < -0.3 is 15.2 Å². The number of amides is 1. The first-order valence-electron chi connectivity index (χ1n) is 7.32. The van der Waals surface area contributed by atoms with Gasteiger partial charge in [0.1, 0.15) is 17.2 Å². The number of phenols is 1. The smallest absolute Gasteiger partial charge is 0.275 e. The number of nitrogens with zero attached hydrogens (tertiary/aromatic N) is 1. The van der Waals surface area contributed by atoms with Crippen molar-refractivity contribution in [1.29, 1.82) is 0 Å². The van der Waals surface area contributed by atoms with Crippen LogP contribution < -0.4 is 10.1 Å². The number of nitrogens with one attached hydrogen (secondary N) is 1. The second-order valence-electron chi connectivity index (χ2n) is 5.12. The first-order chi connectivity index (χ1) is 11.7. The van der Waals surface area contributed by atoms with Gasteiger partial charge in [-0.05, 0) is 29.8 Å². The Morgan fingerprint density at radius 2 is 1.96 bits per heavy atom. The van der Waals surface area contributed by atoms with E-state index in [9.17, 15) is 9.90 Å². The molecule has 0 aliphatic rings. The lowest BCUT2D eigenvalue weighted by Crippen LogP contribution is -2.12. The number of aromatic hydroxyl groups is 1. The molecule has 0 atom stereocenters. The zero-order chi connectivity index (χ0) is 16.9. The first kappa shape index (κ1) is 16.0. The van der Waals surface area contributed by atoms with Crippen LogP contribution in [0.4, 0.5) is 5.69 Å². The van der Waals surface area contributed by atoms with Crippen LogP contribution in [-0.4, -0.2) is 23.1 Å². The molecule has 122 valence electrons. The summed E-state index contributed by atoms with van der Waals surface area (Å²) in [6.07, 6.45) is 0.651. The van der Waals surface area contributed by atoms with Gasteiger partial charge in [0, 0.05) is 11.8 Å². The van der Waals surface area contributed by atoms with E-state index in [-0.39, 0.29) is 11.7 Å². The molecule has 3 rings (SSSR count). The standard InChI is InChI=1S/C18H16N2O3S/c1-23-13-8-6-12(7-9-13)10-17-19-15(11-24-17)18(22)20-14-4-2-3-5-16(14)21/h2-9,11,21H,10H2,1H3,(H,20,22). The van der Waals surface area contributed by atoms with Gasteiger partial charge in [-0.2, -0.15) is 0 Å². The third-order valence-corrected chi connectivity index (χ3v) is 4.30. The maximum atomic E-state index is 12.2. The van der Waals surface area contributed by atoms with Crippen LogP contribution in [0.1, 0.15) is 21.1 Å². The Hall–Kier alpha value is -2.86. The van der Waals surface area contributed by atoms with Crippen molar-refractivity contribution in [1.82, 2.24) is 4.98 Å². The van der Waals surface area contributed by atoms with E-state index >= 15 is 0 Å². The van der Waals surface area contributed by atoms with Crippen LogP contribution in [0.2, 0.25) is 0 Å². The highest BCUT2D eigenvalue weighted by molar-refractivity contribution is 7.09. The summed E-state index contributed by atoms with van der Waals surface area (Å²) in [7, 11) is 1.63. The van der Waals surface area contributed by atoms with Crippen molar-refractivity contribution in [3.8, 4) is 11.5 Å². The van der Waals surface area contributed by atoms with Crippen molar-refractivity contribution in [3.63, 3.8) is 0 Å². The monoisotopic (exact) mass is 340 g/mol. The van der Waals surface area contributed by atoms with Gasteiger partial charge in [0.25, 0.3) is 5.91 Å². The number of ether oxygens (including phenoxy) is 1. The van der Waals surface area contributed by atoms with Gasteiger partial charge in [0.2, 0.25) is 0 Å². The molecule has 0 fully saturated rings. The number of methoxy groups -OCH3 is 1. The molecule has 1 amide bonds. The summed E-state index contributed by atoms with van der Waals surface area (Å²) in [6, 6.07) is 14.3. The Kier molecular flexibility index (Phi) is 4.77. The number of aromatic nitrogens is 1. The molecule has 3 aromatic rings. The van der Waals surface area contributed by atoms with Gasteiger partial charge in [-0.25, -0.2) is 4.98 Å². The van der Waals surface area contributed by atoms with Crippen LogP contribution in [0.15, 0.2) is 53.9 Å². The fraction of sp³-hybridized carbons (Fsp3) is 0.111. The van der Waals surface area contributed by atoms with E-state index in [1.165, 1.54) is 17.4 Å². The number of carbonyl (C=O) groups excluding carboxylic acids is 1. The van der Waals surface area contributed by atoms with Crippen molar-refractivity contribution in [3.05, 3.63) is 70.2 Å². The van der Waals surface area contributed by atoms with Crippen LogP contribution >= 0.6 is 11.3 Å². The summed E-state index contributed by atoms with van der Waals surface area (Å²) in [5.74, 6) is 0.494. The normalized spacial score (nSPS) is 10.4. The fourth-order valence-electron chi connectivity index (χ4n) is 2.18. The lowest BCUT2D eigenvalue weighted by atomic mass is 10.1. The molecule has 2 N–H and O–H groups in total. The lowest BCUT2D eigenvalue weighted by Gasteiger charge is -2.04. The van der Waals surface area contributed by atoms with Gasteiger partial charge in [0.05, 0.1) is 17.8 Å². The van der Waals surface area contributed by atoms with Gasteiger partial charge in [0.15, 0.2) is 0 Å². The molecule has 24 heavy (non-hydrogen) atoms. The van der Waals surface area contributed by atoms with E-state index in [0.29, 0.717) is 17.8 Å². The second-order valence-corrected chi connectivity index (χ2v) is 6.07. The fourth-order valence-corrected chi connectivity index (χ4v) is 2.99. The van der Waals surface area contributed by atoms with Crippen molar-refractivity contribution in [2.75, 3.05) is 12.4 Å². The molecular formula is C18H16N2O3S. The molecule has 2 aromatic carbocycles. The van der Waals surface area contributed by atoms with E-state index in [1.807, 2.05) is 24.3 Å². The highest BCUT2D eigenvalue weighted by atomic mass is 32.1. The minimum absolute atomic E-state index is 0.0273. The summed E-state index contributed by atoms with van der Waals surface area (Å²) in [6.45, 7) is 0. The molecular weight excluding hydrogens is 324 g/mol. The third-order valence-electron chi connectivity index (χ3n) is 3.45. The number of benzene rings is 2. The van der Waals surface area contributed by atoms with Crippen LogP contribution in [0.5, 0.6) is 11.5 Å². The summed E-state index contributed by atoms with van der Waals surface area (Å²) in [4.78, 5) is 16.6. The Morgan fingerprint density at radius 1 is 1.21 bits per heavy atom. The Bertz CT molecular complexity index is 843.